The molecule has 0 saturated heterocycles. The van der Waals surface area contributed by atoms with Crippen LogP contribution in [0.5, 0.6) is 0 Å². The van der Waals surface area contributed by atoms with Crippen molar-refractivity contribution in [2.75, 3.05) is 17.2 Å². The van der Waals surface area contributed by atoms with Crippen LogP contribution in [0.15, 0.2) is 42.5 Å². The maximum Gasteiger partial charge on any atom is 0.243 e. The summed E-state index contributed by atoms with van der Waals surface area (Å²) in [7, 11) is 0. The highest BCUT2D eigenvalue weighted by Gasteiger charge is 2.07. The number of carbonyl (C=O) groups is 1. The van der Waals surface area contributed by atoms with E-state index < -0.39 is 17.5 Å². The Morgan fingerprint density at radius 2 is 1.75 bits per heavy atom. The van der Waals surface area contributed by atoms with Gasteiger partial charge in [0, 0.05) is 0 Å². The Bertz CT molecular complexity index is 629. The lowest BCUT2D eigenvalue weighted by Crippen LogP contribution is -2.22. The van der Waals surface area contributed by atoms with Gasteiger partial charge in [-0.15, -0.1) is 0 Å². The van der Waals surface area contributed by atoms with E-state index in [1.165, 1.54) is 24.3 Å². The molecule has 5 heteroatoms. The zero-order valence-electron chi connectivity index (χ0n) is 10.9. The van der Waals surface area contributed by atoms with E-state index in [1.807, 2.05) is 6.92 Å². The van der Waals surface area contributed by atoms with E-state index in [1.54, 1.807) is 18.2 Å². The van der Waals surface area contributed by atoms with Crippen LogP contribution in [-0.2, 0) is 4.79 Å². The summed E-state index contributed by atoms with van der Waals surface area (Å²) in [6.07, 6.45) is 0. The van der Waals surface area contributed by atoms with Crippen LogP contribution in [0, 0.1) is 18.6 Å². The third-order valence-electron chi connectivity index (χ3n) is 2.71. The molecule has 104 valence electrons. The summed E-state index contributed by atoms with van der Waals surface area (Å²) in [6, 6.07) is 10.4. The van der Waals surface area contributed by atoms with Crippen molar-refractivity contribution in [3.8, 4) is 0 Å². The first kappa shape index (κ1) is 14.0. The van der Waals surface area contributed by atoms with Gasteiger partial charge in [-0.3, -0.25) is 4.79 Å². The molecular formula is C15H14F2N2O. The second-order valence-electron chi connectivity index (χ2n) is 4.36. The average Bonchev–Trinajstić information content (AvgIpc) is 2.42. The van der Waals surface area contributed by atoms with Crippen molar-refractivity contribution in [2.24, 2.45) is 0 Å². The number of aryl methyl sites for hydroxylation is 1. The average molecular weight is 276 g/mol. The fourth-order valence-corrected chi connectivity index (χ4v) is 1.71. The highest BCUT2D eigenvalue weighted by molar-refractivity contribution is 5.93. The summed E-state index contributed by atoms with van der Waals surface area (Å²) in [5.41, 5.74) is 1.22. The van der Waals surface area contributed by atoms with E-state index >= 15 is 0 Å². The Morgan fingerprint density at radius 3 is 2.50 bits per heavy atom. The van der Waals surface area contributed by atoms with Gasteiger partial charge < -0.3 is 10.6 Å². The van der Waals surface area contributed by atoms with Gasteiger partial charge in [-0.2, -0.15) is 0 Å². The molecule has 1 amide bonds. The fourth-order valence-electron chi connectivity index (χ4n) is 1.71. The predicted octanol–water partition coefficient (Wildman–Crippen LogP) is 3.32. The molecule has 0 bridgehead atoms. The number of hydrogen-bond donors (Lipinski definition) is 2. The number of nitrogens with one attached hydrogen (secondary N) is 2. The Balaban J connectivity index is 1.96. The molecular weight excluding hydrogens is 262 g/mol. The number of para-hydroxylation sites is 1. The Hall–Kier alpha value is -2.43. The lowest BCUT2D eigenvalue weighted by Gasteiger charge is -2.09. The third kappa shape index (κ3) is 3.54. The van der Waals surface area contributed by atoms with E-state index in [-0.39, 0.29) is 17.9 Å². The van der Waals surface area contributed by atoms with Crippen molar-refractivity contribution in [3.05, 3.63) is 59.7 Å². The first-order valence-corrected chi connectivity index (χ1v) is 6.10. The summed E-state index contributed by atoms with van der Waals surface area (Å²) in [5, 5.41) is 5.10. The standard InChI is InChI=1S/C15H14F2N2O/c1-10-6-7-12(17)14(8-10)18-9-15(20)19-13-5-3-2-4-11(13)16/h2-8,18H,9H2,1H3,(H,19,20). The van der Waals surface area contributed by atoms with Gasteiger partial charge in [-0.25, -0.2) is 8.78 Å². The van der Waals surface area contributed by atoms with E-state index in [2.05, 4.69) is 10.6 Å². The van der Waals surface area contributed by atoms with Crippen LogP contribution < -0.4 is 10.6 Å². The van der Waals surface area contributed by atoms with E-state index in [0.717, 1.165) is 5.56 Å². The minimum atomic E-state index is -0.511. The minimum Gasteiger partial charge on any atom is -0.374 e. The molecule has 2 N–H and O–H groups in total. The summed E-state index contributed by atoms with van der Waals surface area (Å²) in [6.45, 7) is 1.68. The van der Waals surface area contributed by atoms with Gasteiger partial charge in [-0.05, 0) is 36.8 Å². The van der Waals surface area contributed by atoms with Crippen molar-refractivity contribution in [2.45, 2.75) is 6.92 Å². The van der Waals surface area contributed by atoms with Crippen LogP contribution in [0.4, 0.5) is 20.2 Å². The van der Waals surface area contributed by atoms with Crippen LogP contribution in [0.2, 0.25) is 0 Å². The van der Waals surface area contributed by atoms with Gasteiger partial charge in [-0.1, -0.05) is 18.2 Å². The van der Waals surface area contributed by atoms with Crippen molar-refractivity contribution in [1.82, 2.24) is 0 Å². The molecule has 2 aromatic rings. The lowest BCUT2D eigenvalue weighted by molar-refractivity contribution is -0.114. The molecule has 0 fully saturated rings. The minimum absolute atomic E-state index is 0.101. The fraction of sp³-hybridized carbons (Fsp3) is 0.133. The third-order valence-corrected chi connectivity index (χ3v) is 2.71. The molecule has 0 atom stereocenters. The molecule has 0 aliphatic heterocycles. The zero-order valence-corrected chi connectivity index (χ0v) is 10.9. The number of rotatable bonds is 4. The van der Waals surface area contributed by atoms with Crippen molar-refractivity contribution < 1.29 is 13.6 Å². The molecule has 2 aromatic carbocycles. The monoisotopic (exact) mass is 276 g/mol. The van der Waals surface area contributed by atoms with Gasteiger partial charge in [0.1, 0.15) is 11.6 Å². The molecule has 0 aliphatic carbocycles. The second-order valence-corrected chi connectivity index (χ2v) is 4.36. The van der Waals surface area contributed by atoms with E-state index in [4.69, 9.17) is 0 Å². The molecule has 0 heterocycles. The Kier molecular flexibility index (Phi) is 4.30. The molecule has 0 spiro atoms. The number of benzene rings is 2. The second kappa shape index (κ2) is 6.14. The summed E-state index contributed by atoms with van der Waals surface area (Å²) >= 11 is 0. The number of anilines is 2. The molecule has 0 aliphatic rings. The zero-order chi connectivity index (χ0) is 14.5. The van der Waals surface area contributed by atoms with Crippen molar-refractivity contribution in [3.63, 3.8) is 0 Å². The highest BCUT2D eigenvalue weighted by atomic mass is 19.1. The van der Waals surface area contributed by atoms with Gasteiger partial charge in [0.25, 0.3) is 0 Å². The lowest BCUT2D eigenvalue weighted by atomic mass is 10.2. The van der Waals surface area contributed by atoms with Gasteiger partial charge in [0.2, 0.25) is 5.91 Å². The van der Waals surface area contributed by atoms with Crippen molar-refractivity contribution >= 4 is 17.3 Å². The number of carbonyl (C=O) groups excluding carboxylic acids is 1. The molecule has 0 radical (unpaired) electrons. The topological polar surface area (TPSA) is 41.1 Å². The van der Waals surface area contributed by atoms with Crippen LogP contribution in [-0.4, -0.2) is 12.5 Å². The summed E-state index contributed by atoms with van der Waals surface area (Å²) in [5.74, 6) is -1.40. The molecule has 0 aromatic heterocycles. The SMILES string of the molecule is Cc1ccc(F)c(NCC(=O)Nc2ccccc2F)c1. The largest absolute Gasteiger partial charge is 0.374 e. The molecule has 2 rings (SSSR count). The maximum atomic E-state index is 13.5. The Morgan fingerprint density at radius 1 is 1.05 bits per heavy atom. The predicted molar refractivity (Wildman–Crippen MR) is 74.7 cm³/mol. The van der Waals surface area contributed by atoms with E-state index in [0.29, 0.717) is 0 Å². The van der Waals surface area contributed by atoms with Crippen LogP contribution in [0.1, 0.15) is 5.56 Å². The molecule has 0 saturated carbocycles. The first-order valence-electron chi connectivity index (χ1n) is 6.10. The molecule has 0 unspecified atom stereocenters. The smallest absolute Gasteiger partial charge is 0.243 e. The van der Waals surface area contributed by atoms with Crippen LogP contribution in [0.25, 0.3) is 0 Å². The highest BCUT2D eigenvalue weighted by Crippen LogP contribution is 2.16. The summed E-state index contributed by atoms with van der Waals surface area (Å²) in [4.78, 5) is 11.7. The Labute approximate surface area is 115 Å². The molecule has 20 heavy (non-hydrogen) atoms. The van der Waals surface area contributed by atoms with Gasteiger partial charge in [0.05, 0.1) is 17.9 Å². The van der Waals surface area contributed by atoms with Gasteiger partial charge in [0.15, 0.2) is 0 Å². The normalized spacial score (nSPS) is 10.2. The van der Waals surface area contributed by atoms with Crippen LogP contribution in [0.3, 0.4) is 0 Å². The maximum absolute atomic E-state index is 13.5. The molecule has 3 nitrogen and oxygen atoms in total. The number of halogens is 2. The van der Waals surface area contributed by atoms with Crippen molar-refractivity contribution in [1.29, 1.82) is 0 Å². The summed E-state index contributed by atoms with van der Waals surface area (Å²) < 4.78 is 26.8. The number of amides is 1. The first-order chi connectivity index (χ1) is 9.56. The van der Waals surface area contributed by atoms with Gasteiger partial charge >= 0.3 is 0 Å². The van der Waals surface area contributed by atoms with Crippen LogP contribution >= 0.6 is 0 Å². The quantitative estimate of drug-likeness (QED) is 0.899. The van der Waals surface area contributed by atoms with E-state index in [9.17, 15) is 13.6 Å². The number of hydrogen-bond acceptors (Lipinski definition) is 2.